The highest BCUT2D eigenvalue weighted by Crippen LogP contribution is 2.49. The van der Waals surface area contributed by atoms with E-state index in [1.165, 1.54) is 16.8 Å². The molecular formula is C22H40N2O7Si2. The number of aromatic nitrogens is 2. The molecule has 3 heterocycles. The zero-order valence-corrected chi connectivity index (χ0v) is 23.0. The van der Waals surface area contributed by atoms with Gasteiger partial charge in [0.15, 0.2) is 0 Å². The lowest BCUT2D eigenvalue weighted by Gasteiger charge is -2.51. The van der Waals surface area contributed by atoms with E-state index in [2.05, 4.69) is 60.4 Å². The number of aliphatic hydroxyl groups is 1. The quantitative estimate of drug-likeness (QED) is 0.578. The predicted molar refractivity (Wildman–Crippen MR) is 130 cm³/mol. The van der Waals surface area contributed by atoms with Gasteiger partial charge in [-0.05, 0) is 22.2 Å². The van der Waals surface area contributed by atoms with Crippen molar-refractivity contribution in [3.8, 4) is 0 Å². The standard InChI is InChI=1S/C22H40N2O7Si2/c1-13(2)32(14(3)4)28-12-18-20(30-33(31-32,15(5)6)16(7)8)17(11-25)21(29-18)24-10-9-19(26)23-22(24)27/h9-10,13-18,20-21,25H,11-12H2,1-8H3,(H,23,26,27)/t17-,18-,20+,21-/m1/s1. The molecule has 188 valence electrons. The van der Waals surface area contributed by atoms with Crippen LogP contribution in [0.2, 0.25) is 22.2 Å². The first-order chi connectivity index (χ1) is 15.4. The lowest BCUT2D eigenvalue weighted by Crippen LogP contribution is -2.65. The molecule has 2 aliphatic heterocycles. The molecule has 0 aromatic carbocycles. The van der Waals surface area contributed by atoms with Crippen molar-refractivity contribution in [1.82, 2.24) is 9.55 Å². The van der Waals surface area contributed by atoms with Crippen molar-refractivity contribution < 1.29 is 22.8 Å². The third-order valence-corrected chi connectivity index (χ3v) is 17.4. The van der Waals surface area contributed by atoms with Crippen LogP contribution < -0.4 is 11.2 Å². The van der Waals surface area contributed by atoms with Crippen LogP contribution in [0.1, 0.15) is 61.6 Å². The fraction of sp³-hybridized carbons (Fsp3) is 0.818. The van der Waals surface area contributed by atoms with Gasteiger partial charge in [-0.1, -0.05) is 55.4 Å². The highest BCUT2D eigenvalue weighted by Gasteiger charge is 2.61. The van der Waals surface area contributed by atoms with E-state index < -0.39 is 52.7 Å². The third kappa shape index (κ3) is 4.61. The summed E-state index contributed by atoms with van der Waals surface area (Å²) in [5.41, 5.74) is -0.382. The van der Waals surface area contributed by atoms with Crippen molar-refractivity contribution >= 4 is 17.1 Å². The average Bonchev–Trinajstić information content (AvgIpc) is 3.03. The molecular weight excluding hydrogens is 460 g/mol. The summed E-state index contributed by atoms with van der Waals surface area (Å²) in [7, 11) is -5.59. The van der Waals surface area contributed by atoms with Crippen molar-refractivity contribution in [3.63, 3.8) is 0 Å². The Morgan fingerprint density at radius 2 is 1.61 bits per heavy atom. The van der Waals surface area contributed by atoms with Gasteiger partial charge in [-0.15, -0.1) is 0 Å². The summed E-state index contributed by atoms with van der Waals surface area (Å²) in [6, 6.07) is 1.27. The lowest BCUT2D eigenvalue weighted by atomic mass is 10.0. The Bertz CT molecular complexity index is 914. The van der Waals surface area contributed by atoms with Crippen LogP contribution in [0.15, 0.2) is 21.9 Å². The molecule has 0 amide bonds. The zero-order valence-electron chi connectivity index (χ0n) is 21.0. The van der Waals surface area contributed by atoms with Gasteiger partial charge in [-0.25, -0.2) is 4.79 Å². The Balaban J connectivity index is 2.12. The molecule has 9 nitrogen and oxygen atoms in total. The summed E-state index contributed by atoms with van der Waals surface area (Å²) in [5, 5.41) is 10.4. The Kier molecular flexibility index (Phi) is 7.94. The molecule has 0 bridgehead atoms. The van der Waals surface area contributed by atoms with Crippen molar-refractivity contribution in [2.24, 2.45) is 5.92 Å². The molecule has 1 aromatic heterocycles. The number of rotatable bonds is 6. The number of hydrogen-bond donors (Lipinski definition) is 2. The highest BCUT2D eigenvalue weighted by molar-refractivity contribution is 6.83. The fourth-order valence-electron chi connectivity index (χ4n) is 5.32. The topological polar surface area (TPSA) is 112 Å². The number of aromatic amines is 1. The van der Waals surface area contributed by atoms with E-state index in [1.807, 2.05) is 0 Å². The smallest absolute Gasteiger partial charge is 0.335 e. The largest absolute Gasteiger partial charge is 0.414 e. The summed E-state index contributed by atoms with van der Waals surface area (Å²) >= 11 is 0. The molecule has 2 N–H and O–H groups in total. The number of aliphatic hydroxyl groups excluding tert-OH is 1. The minimum atomic E-state index is -2.88. The average molecular weight is 501 g/mol. The minimum absolute atomic E-state index is 0.137. The second-order valence-electron chi connectivity index (χ2n) is 10.5. The summed E-state index contributed by atoms with van der Waals surface area (Å²) < 4.78 is 28.5. The molecule has 0 unspecified atom stereocenters. The lowest BCUT2D eigenvalue weighted by molar-refractivity contribution is -0.0579. The first kappa shape index (κ1) is 26.5. The SMILES string of the molecule is CC(C)[Si]1(C(C)C)OC[C@H]2O[C@@H](n3ccc(=O)[nH]c3=O)[C@H](CO)[C@@H]2O[Si](C(C)C)(C(C)C)O1. The normalized spacial score (nSPS) is 29.5. The molecule has 2 aliphatic rings. The molecule has 1 aromatic rings. The van der Waals surface area contributed by atoms with Crippen molar-refractivity contribution in [3.05, 3.63) is 33.1 Å². The van der Waals surface area contributed by atoms with Gasteiger partial charge in [0, 0.05) is 12.3 Å². The predicted octanol–water partition coefficient (Wildman–Crippen LogP) is 3.00. The molecule has 11 heteroatoms. The van der Waals surface area contributed by atoms with Crippen LogP contribution in [0.5, 0.6) is 0 Å². The molecule has 2 fully saturated rings. The molecule has 0 saturated carbocycles. The maximum atomic E-state index is 12.5. The van der Waals surface area contributed by atoms with Crippen LogP contribution >= 0.6 is 0 Å². The van der Waals surface area contributed by atoms with Gasteiger partial charge in [0.05, 0.1) is 25.2 Å². The molecule has 0 radical (unpaired) electrons. The fourth-order valence-corrected chi connectivity index (χ4v) is 16.6. The first-order valence-electron chi connectivity index (χ1n) is 12.0. The Morgan fingerprint density at radius 1 is 1.03 bits per heavy atom. The van der Waals surface area contributed by atoms with Crippen LogP contribution in [0, 0.1) is 5.92 Å². The van der Waals surface area contributed by atoms with Gasteiger partial charge in [0.2, 0.25) is 0 Å². The van der Waals surface area contributed by atoms with Crippen LogP contribution in [0.3, 0.4) is 0 Å². The first-order valence-corrected chi connectivity index (χ1v) is 15.9. The van der Waals surface area contributed by atoms with Gasteiger partial charge in [-0.3, -0.25) is 14.3 Å². The molecule has 3 rings (SSSR count). The van der Waals surface area contributed by atoms with E-state index in [4.69, 9.17) is 17.7 Å². The van der Waals surface area contributed by atoms with E-state index in [9.17, 15) is 14.7 Å². The van der Waals surface area contributed by atoms with Crippen molar-refractivity contribution in [1.29, 1.82) is 0 Å². The maximum Gasteiger partial charge on any atom is 0.335 e. The van der Waals surface area contributed by atoms with Crippen molar-refractivity contribution in [2.75, 3.05) is 13.2 Å². The monoisotopic (exact) mass is 500 g/mol. The number of ether oxygens (including phenoxy) is 1. The Labute approximate surface area is 197 Å². The van der Waals surface area contributed by atoms with E-state index in [0.29, 0.717) is 0 Å². The van der Waals surface area contributed by atoms with Gasteiger partial charge in [-0.2, -0.15) is 0 Å². The zero-order chi connectivity index (χ0) is 24.7. The number of fused-ring (bicyclic) bond motifs is 1. The third-order valence-electron chi connectivity index (χ3n) is 7.14. The van der Waals surface area contributed by atoms with E-state index >= 15 is 0 Å². The van der Waals surface area contributed by atoms with Gasteiger partial charge >= 0.3 is 22.8 Å². The molecule has 0 spiro atoms. The Morgan fingerprint density at radius 3 is 2.09 bits per heavy atom. The van der Waals surface area contributed by atoms with Crippen LogP contribution in [-0.2, 0) is 17.7 Å². The second-order valence-corrected chi connectivity index (χ2v) is 19.3. The van der Waals surface area contributed by atoms with Crippen LogP contribution in [0.4, 0.5) is 0 Å². The van der Waals surface area contributed by atoms with Gasteiger partial charge in [0.25, 0.3) is 5.56 Å². The summed E-state index contributed by atoms with van der Waals surface area (Å²) in [6.07, 6.45) is -0.344. The molecule has 2 saturated heterocycles. The van der Waals surface area contributed by atoms with Crippen molar-refractivity contribution in [2.45, 2.75) is 96.0 Å². The summed E-state index contributed by atoms with van der Waals surface area (Å²) in [4.78, 5) is 26.4. The molecule has 33 heavy (non-hydrogen) atoms. The number of H-pyrrole nitrogens is 1. The van der Waals surface area contributed by atoms with E-state index in [-0.39, 0.29) is 35.4 Å². The summed E-state index contributed by atoms with van der Waals surface area (Å²) in [5.74, 6) is -0.512. The number of nitrogens with zero attached hydrogens (tertiary/aromatic N) is 1. The summed E-state index contributed by atoms with van der Waals surface area (Å²) in [6.45, 7) is 17.2. The van der Waals surface area contributed by atoms with E-state index in [0.717, 1.165) is 0 Å². The van der Waals surface area contributed by atoms with Gasteiger partial charge < -0.3 is 22.8 Å². The Hall–Kier alpha value is -1.09. The van der Waals surface area contributed by atoms with Crippen LogP contribution in [-0.4, -0.2) is 57.2 Å². The molecule has 0 aliphatic carbocycles. The minimum Gasteiger partial charge on any atom is -0.414 e. The maximum absolute atomic E-state index is 12.5. The van der Waals surface area contributed by atoms with Crippen LogP contribution in [0.25, 0.3) is 0 Å². The second kappa shape index (κ2) is 9.88. The van der Waals surface area contributed by atoms with Gasteiger partial charge in [0.1, 0.15) is 12.3 Å². The van der Waals surface area contributed by atoms with E-state index in [1.54, 1.807) is 0 Å². The number of hydrogen-bond acceptors (Lipinski definition) is 7. The highest BCUT2D eigenvalue weighted by atomic mass is 28.5. The number of nitrogens with one attached hydrogen (secondary N) is 1. The molecule has 4 atom stereocenters.